The predicted octanol–water partition coefficient (Wildman–Crippen LogP) is 6.74. The molecule has 0 saturated heterocycles. The van der Waals surface area contributed by atoms with Gasteiger partial charge < -0.3 is 5.32 Å². The van der Waals surface area contributed by atoms with E-state index in [2.05, 4.69) is 44.2 Å². The van der Waals surface area contributed by atoms with Crippen LogP contribution in [-0.2, 0) is 0 Å². The van der Waals surface area contributed by atoms with Crippen LogP contribution >= 0.6 is 11.8 Å². The van der Waals surface area contributed by atoms with Crippen molar-refractivity contribution in [1.29, 1.82) is 0 Å². The van der Waals surface area contributed by atoms with Gasteiger partial charge in [-0.15, -0.1) is 0 Å². The van der Waals surface area contributed by atoms with Gasteiger partial charge in [-0.25, -0.2) is 0 Å². The molecule has 0 bridgehead atoms. The maximum atomic E-state index is 4.54. The summed E-state index contributed by atoms with van der Waals surface area (Å²) < 4.78 is 0. The Labute approximate surface area is 153 Å². The van der Waals surface area contributed by atoms with E-state index in [9.17, 15) is 0 Å². The second kappa shape index (κ2) is 10.6. The first kappa shape index (κ1) is 20.8. The lowest BCUT2D eigenvalue weighted by Crippen LogP contribution is -2.28. The van der Waals surface area contributed by atoms with Crippen LogP contribution in [0.1, 0.15) is 73.1 Å². The zero-order valence-corrected chi connectivity index (χ0v) is 17.0. The minimum Gasteiger partial charge on any atom is -0.381 e. The van der Waals surface area contributed by atoms with E-state index in [1.807, 2.05) is 20.1 Å². The molecule has 2 nitrogen and oxygen atoms in total. The lowest BCUT2D eigenvalue weighted by Gasteiger charge is -2.22. The van der Waals surface area contributed by atoms with Crippen LogP contribution in [-0.4, -0.2) is 12.3 Å². The van der Waals surface area contributed by atoms with Gasteiger partial charge in [-0.3, -0.25) is 4.99 Å². The maximum Gasteiger partial charge on any atom is 0.104 e. The summed E-state index contributed by atoms with van der Waals surface area (Å²) in [5.41, 5.74) is 4.97. The average molecular weight is 347 g/mol. The molecule has 0 heterocycles. The van der Waals surface area contributed by atoms with E-state index in [4.69, 9.17) is 0 Å². The quantitative estimate of drug-likeness (QED) is 0.331. The van der Waals surface area contributed by atoms with E-state index in [-0.39, 0.29) is 0 Å². The van der Waals surface area contributed by atoms with Crippen molar-refractivity contribution < 1.29 is 0 Å². The molecule has 1 aliphatic carbocycles. The summed E-state index contributed by atoms with van der Waals surface area (Å²) in [4.78, 5) is 5.63. The number of allylic oxidation sites excluding steroid dienone is 3. The molecule has 0 radical (unpaired) electrons. The minimum atomic E-state index is 0.546. The van der Waals surface area contributed by atoms with Gasteiger partial charge in [-0.2, -0.15) is 0 Å². The third-order valence-electron chi connectivity index (χ3n) is 4.18. The van der Waals surface area contributed by atoms with Crippen molar-refractivity contribution in [2.45, 2.75) is 79.2 Å². The van der Waals surface area contributed by atoms with Gasteiger partial charge in [0, 0.05) is 22.9 Å². The first-order valence-electron chi connectivity index (χ1n) is 9.15. The second-order valence-corrected chi connectivity index (χ2v) is 7.60. The summed E-state index contributed by atoms with van der Waals surface area (Å²) in [6.45, 7) is 19.0. The van der Waals surface area contributed by atoms with Crippen molar-refractivity contribution in [3.63, 3.8) is 0 Å². The molecule has 0 atom stereocenters. The summed E-state index contributed by atoms with van der Waals surface area (Å²) in [5.74, 6) is 0. The highest BCUT2D eigenvalue weighted by molar-refractivity contribution is 8.06. The molecule has 1 saturated carbocycles. The minimum absolute atomic E-state index is 0.546. The zero-order valence-electron chi connectivity index (χ0n) is 16.2. The zero-order chi connectivity index (χ0) is 18.1. The van der Waals surface area contributed by atoms with E-state index in [0.717, 1.165) is 21.1 Å². The topological polar surface area (TPSA) is 24.4 Å². The van der Waals surface area contributed by atoms with Crippen LogP contribution in [0.5, 0.6) is 0 Å². The Kier molecular flexibility index (Phi) is 9.20. The van der Waals surface area contributed by atoms with Gasteiger partial charge in [-0.05, 0) is 57.6 Å². The number of nitrogens with zero attached hydrogens (tertiary/aromatic N) is 1. The van der Waals surface area contributed by atoms with Crippen LogP contribution in [0.25, 0.3) is 0 Å². The Balaban J connectivity index is 2.94. The van der Waals surface area contributed by atoms with Crippen molar-refractivity contribution in [3.8, 4) is 0 Å². The summed E-state index contributed by atoms with van der Waals surface area (Å²) >= 11 is 1.67. The SMILES string of the molecule is C=C(S/C(N=CC)=C(\C)C(=C)C)C(NC(CCC)CCC)=C1CC1. The first-order chi connectivity index (χ1) is 11.4. The highest BCUT2D eigenvalue weighted by Gasteiger charge is 2.23. The molecule has 1 rings (SSSR count). The van der Waals surface area contributed by atoms with Crippen LogP contribution in [0.3, 0.4) is 0 Å². The van der Waals surface area contributed by atoms with E-state index in [1.54, 1.807) is 11.8 Å². The lowest BCUT2D eigenvalue weighted by molar-refractivity contribution is 0.485. The molecule has 1 aliphatic rings. The summed E-state index contributed by atoms with van der Waals surface area (Å²) in [6, 6.07) is 0.546. The van der Waals surface area contributed by atoms with Crippen molar-refractivity contribution in [2.24, 2.45) is 4.99 Å². The highest BCUT2D eigenvalue weighted by Crippen LogP contribution is 2.40. The standard InChI is InChI=1S/C21H34N2S/c1-8-11-19(12-9-2)23-20(18-13-14-18)17(7)24-21(22-10-3)16(6)15(4)5/h10,19,23H,4,7-9,11-14H2,1-3,5-6H3/b21-16+,22-10?. The fourth-order valence-corrected chi connectivity index (χ4v) is 3.57. The molecule has 1 N–H and O–H groups in total. The third kappa shape index (κ3) is 6.72. The predicted molar refractivity (Wildman–Crippen MR) is 111 cm³/mol. The molecule has 134 valence electrons. The van der Waals surface area contributed by atoms with Crippen LogP contribution in [0.15, 0.2) is 50.5 Å². The number of rotatable bonds is 11. The molecule has 0 aromatic rings. The van der Waals surface area contributed by atoms with Gasteiger partial charge in [0.15, 0.2) is 0 Å². The Morgan fingerprint density at radius 3 is 2.21 bits per heavy atom. The van der Waals surface area contributed by atoms with E-state index >= 15 is 0 Å². The van der Waals surface area contributed by atoms with Gasteiger partial charge in [-0.1, -0.05) is 57.2 Å². The highest BCUT2D eigenvalue weighted by atomic mass is 32.2. The van der Waals surface area contributed by atoms with Crippen LogP contribution in [0.4, 0.5) is 0 Å². The van der Waals surface area contributed by atoms with Gasteiger partial charge >= 0.3 is 0 Å². The van der Waals surface area contributed by atoms with Crippen LogP contribution < -0.4 is 5.32 Å². The number of nitrogens with one attached hydrogen (secondary N) is 1. The summed E-state index contributed by atoms with van der Waals surface area (Å²) in [5, 5.41) is 4.79. The van der Waals surface area contributed by atoms with Gasteiger partial charge in [0.2, 0.25) is 0 Å². The molecular weight excluding hydrogens is 312 g/mol. The molecule has 24 heavy (non-hydrogen) atoms. The van der Waals surface area contributed by atoms with E-state index in [0.29, 0.717) is 6.04 Å². The molecule has 0 aromatic carbocycles. The molecule has 0 amide bonds. The van der Waals surface area contributed by atoms with E-state index < -0.39 is 0 Å². The Bertz CT molecular complexity index is 540. The monoisotopic (exact) mass is 346 g/mol. The second-order valence-electron chi connectivity index (χ2n) is 6.52. The normalized spacial score (nSPS) is 14.8. The number of hydrogen-bond donors (Lipinski definition) is 1. The van der Waals surface area contributed by atoms with Gasteiger partial charge in [0.05, 0.1) is 0 Å². The van der Waals surface area contributed by atoms with Gasteiger partial charge in [0.1, 0.15) is 5.03 Å². The van der Waals surface area contributed by atoms with E-state index in [1.165, 1.54) is 49.8 Å². The lowest BCUT2D eigenvalue weighted by atomic mass is 10.1. The van der Waals surface area contributed by atoms with Crippen molar-refractivity contribution in [2.75, 3.05) is 0 Å². The number of aliphatic imine (C=N–C) groups is 1. The number of thioether (sulfide) groups is 1. The molecule has 0 aromatic heterocycles. The fraction of sp³-hybridized carbons (Fsp3) is 0.571. The molecule has 0 spiro atoms. The average Bonchev–Trinajstić information content (AvgIpc) is 3.36. The Morgan fingerprint density at radius 2 is 1.79 bits per heavy atom. The Hall–Kier alpha value is -1.22. The van der Waals surface area contributed by atoms with Crippen LogP contribution in [0, 0.1) is 0 Å². The fourth-order valence-electron chi connectivity index (χ4n) is 2.55. The van der Waals surface area contributed by atoms with Crippen molar-refractivity contribution >= 4 is 18.0 Å². The van der Waals surface area contributed by atoms with Crippen molar-refractivity contribution in [3.05, 3.63) is 45.5 Å². The van der Waals surface area contributed by atoms with Crippen LogP contribution in [0.2, 0.25) is 0 Å². The molecule has 0 unspecified atom stereocenters. The summed E-state index contributed by atoms with van der Waals surface area (Å²) in [7, 11) is 0. The van der Waals surface area contributed by atoms with Crippen molar-refractivity contribution in [1.82, 2.24) is 5.32 Å². The maximum absolute atomic E-state index is 4.54. The smallest absolute Gasteiger partial charge is 0.104 e. The number of hydrogen-bond acceptors (Lipinski definition) is 3. The summed E-state index contributed by atoms with van der Waals surface area (Å²) in [6.07, 6.45) is 9.08. The molecule has 0 aliphatic heterocycles. The third-order valence-corrected chi connectivity index (χ3v) is 5.24. The Morgan fingerprint density at radius 1 is 1.21 bits per heavy atom. The van der Waals surface area contributed by atoms with Gasteiger partial charge in [0.25, 0.3) is 0 Å². The molecule has 3 heteroatoms. The molecule has 1 fully saturated rings. The molecular formula is C21H34N2S. The first-order valence-corrected chi connectivity index (χ1v) is 9.97. The largest absolute Gasteiger partial charge is 0.381 e.